The van der Waals surface area contributed by atoms with Crippen molar-refractivity contribution in [1.29, 1.82) is 0 Å². The van der Waals surface area contributed by atoms with Gasteiger partial charge in [-0.25, -0.2) is 4.99 Å². The highest BCUT2D eigenvalue weighted by Crippen LogP contribution is 2.41. The van der Waals surface area contributed by atoms with Crippen LogP contribution in [-0.2, 0) is 4.79 Å². The minimum absolute atomic E-state index is 0.0552. The molecule has 0 saturated carbocycles. The maximum Gasteiger partial charge on any atom is 0.315 e. The molecule has 1 saturated heterocycles. The van der Waals surface area contributed by atoms with Crippen LogP contribution in [0.4, 0.5) is 17.1 Å². The summed E-state index contributed by atoms with van der Waals surface area (Å²) in [5.74, 6) is -0.933. The van der Waals surface area contributed by atoms with Crippen LogP contribution in [0.25, 0.3) is 6.08 Å². The van der Waals surface area contributed by atoms with Crippen molar-refractivity contribution in [3.05, 3.63) is 92.4 Å². The monoisotopic (exact) mass is 475 g/mol. The van der Waals surface area contributed by atoms with Crippen LogP contribution in [0.15, 0.2) is 70.6 Å². The van der Waals surface area contributed by atoms with Gasteiger partial charge >= 0.3 is 5.69 Å². The summed E-state index contributed by atoms with van der Waals surface area (Å²) in [7, 11) is 1.30. The Morgan fingerprint density at radius 2 is 1.68 bits per heavy atom. The number of phenols is 1. The number of benzene rings is 3. The molecule has 1 aliphatic heterocycles. The summed E-state index contributed by atoms with van der Waals surface area (Å²) in [6, 6.07) is 17.8. The fraction of sp³-hybridized carbons (Fsp3) is 0.120. The number of nitro groups is 1. The zero-order valence-electron chi connectivity index (χ0n) is 18.7. The zero-order valence-corrected chi connectivity index (χ0v) is 19.5. The predicted molar refractivity (Wildman–Crippen MR) is 134 cm³/mol. The van der Waals surface area contributed by atoms with Crippen molar-refractivity contribution in [3.8, 4) is 11.5 Å². The molecule has 3 aromatic carbocycles. The second-order valence-electron chi connectivity index (χ2n) is 7.66. The van der Waals surface area contributed by atoms with E-state index >= 15 is 0 Å². The van der Waals surface area contributed by atoms with Gasteiger partial charge in [0.25, 0.3) is 5.91 Å². The number of methoxy groups -OCH3 is 1. The number of carbonyl (C=O) groups excluding carboxylic acids is 1. The molecular weight excluding hydrogens is 454 g/mol. The first kappa shape index (κ1) is 23.1. The van der Waals surface area contributed by atoms with Crippen LogP contribution in [-0.4, -0.2) is 28.2 Å². The van der Waals surface area contributed by atoms with E-state index in [-0.39, 0.29) is 11.7 Å². The molecule has 1 N–H and O–H groups in total. The van der Waals surface area contributed by atoms with Crippen LogP contribution in [0, 0.1) is 24.0 Å². The van der Waals surface area contributed by atoms with Crippen molar-refractivity contribution in [1.82, 2.24) is 0 Å². The van der Waals surface area contributed by atoms with Crippen LogP contribution >= 0.6 is 11.8 Å². The Bertz CT molecular complexity index is 1330. The summed E-state index contributed by atoms with van der Waals surface area (Å²) in [4.78, 5) is 30.6. The molecule has 0 aliphatic carbocycles. The summed E-state index contributed by atoms with van der Waals surface area (Å²) in [6.45, 7) is 3.94. The molecule has 1 fully saturated rings. The van der Waals surface area contributed by atoms with Gasteiger partial charge in [0.2, 0.25) is 5.75 Å². The Balaban J connectivity index is 1.80. The van der Waals surface area contributed by atoms with Gasteiger partial charge in [-0.3, -0.25) is 19.8 Å². The largest absolute Gasteiger partial charge is 0.500 e. The molecule has 4 rings (SSSR count). The first-order chi connectivity index (χ1) is 16.3. The predicted octanol–water partition coefficient (Wildman–Crippen LogP) is 5.73. The number of rotatable bonds is 5. The number of amidine groups is 1. The normalized spacial score (nSPS) is 15.9. The number of anilines is 1. The van der Waals surface area contributed by atoms with Crippen molar-refractivity contribution >= 4 is 46.0 Å². The van der Waals surface area contributed by atoms with Gasteiger partial charge in [0.05, 0.1) is 28.3 Å². The maximum atomic E-state index is 13.4. The lowest BCUT2D eigenvalue weighted by Crippen LogP contribution is -2.28. The smallest absolute Gasteiger partial charge is 0.315 e. The zero-order chi connectivity index (χ0) is 24.4. The minimum Gasteiger partial charge on any atom is -0.500 e. The molecule has 1 heterocycles. The number of thioether (sulfide) groups is 1. The van der Waals surface area contributed by atoms with Crippen molar-refractivity contribution < 1.29 is 19.6 Å². The second kappa shape index (κ2) is 9.40. The number of aliphatic imine (C=N–C) groups is 1. The quantitative estimate of drug-likeness (QED) is 0.287. The van der Waals surface area contributed by atoms with E-state index in [1.165, 1.54) is 42.0 Å². The van der Waals surface area contributed by atoms with Gasteiger partial charge < -0.3 is 9.84 Å². The number of hydrogen-bond acceptors (Lipinski definition) is 7. The number of aryl methyl sites for hydroxylation is 2. The fourth-order valence-electron chi connectivity index (χ4n) is 3.34. The molecule has 34 heavy (non-hydrogen) atoms. The first-order valence-corrected chi connectivity index (χ1v) is 11.1. The number of carbonyl (C=O) groups is 1. The average Bonchev–Trinajstić information content (AvgIpc) is 3.11. The van der Waals surface area contributed by atoms with Gasteiger partial charge in [-0.05, 0) is 67.6 Å². The van der Waals surface area contributed by atoms with Gasteiger partial charge in [0.15, 0.2) is 10.9 Å². The topological polar surface area (TPSA) is 105 Å². The Morgan fingerprint density at radius 1 is 1.06 bits per heavy atom. The van der Waals surface area contributed by atoms with Crippen molar-refractivity contribution in [2.45, 2.75) is 13.8 Å². The molecule has 8 nitrogen and oxygen atoms in total. The van der Waals surface area contributed by atoms with E-state index in [2.05, 4.69) is 4.99 Å². The van der Waals surface area contributed by atoms with Crippen LogP contribution in [0.3, 0.4) is 0 Å². The summed E-state index contributed by atoms with van der Waals surface area (Å²) < 4.78 is 5.07. The van der Waals surface area contributed by atoms with Crippen molar-refractivity contribution in [3.63, 3.8) is 0 Å². The standard InChI is InChI=1S/C25H21N3O5S/c1-15-4-8-18(9-5-15)26-25-27(19-10-6-16(2)7-11-19)24(30)22(34-25)14-17-12-20(28(31)32)23(29)21(13-17)33-3/h4-14,29H,1-3H3/b22-14-,26-25?. The molecule has 0 atom stereocenters. The summed E-state index contributed by atoms with van der Waals surface area (Å²) >= 11 is 1.17. The van der Waals surface area contributed by atoms with Crippen molar-refractivity contribution in [2.75, 3.05) is 12.0 Å². The second-order valence-corrected chi connectivity index (χ2v) is 8.67. The number of nitro benzene ring substituents is 1. The number of amides is 1. The van der Waals surface area contributed by atoms with Crippen LogP contribution in [0.2, 0.25) is 0 Å². The van der Waals surface area contributed by atoms with E-state index in [1.54, 1.807) is 0 Å². The maximum absolute atomic E-state index is 13.4. The van der Waals surface area contributed by atoms with E-state index in [1.807, 2.05) is 62.4 Å². The Kier molecular flexibility index (Phi) is 6.38. The molecule has 3 aromatic rings. The third-order valence-corrected chi connectivity index (χ3v) is 6.12. The number of nitrogens with zero attached hydrogens (tertiary/aromatic N) is 3. The highest BCUT2D eigenvalue weighted by molar-refractivity contribution is 8.19. The van der Waals surface area contributed by atoms with Gasteiger partial charge in [-0.1, -0.05) is 35.4 Å². The molecule has 9 heteroatoms. The number of aromatic hydroxyl groups is 1. The molecule has 0 spiro atoms. The number of phenolic OH excluding ortho intramolecular Hbond substituents is 1. The average molecular weight is 476 g/mol. The molecule has 0 bridgehead atoms. The lowest BCUT2D eigenvalue weighted by molar-refractivity contribution is -0.386. The highest BCUT2D eigenvalue weighted by atomic mass is 32.2. The Labute approximate surface area is 200 Å². The van der Waals surface area contributed by atoms with Crippen LogP contribution < -0.4 is 9.64 Å². The summed E-state index contributed by atoms with van der Waals surface area (Å²) in [6.07, 6.45) is 1.53. The lowest BCUT2D eigenvalue weighted by atomic mass is 10.1. The Morgan fingerprint density at radius 3 is 2.26 bits per heavy atom. The van der Waals surface area contributed by atoms with Crippen molar-refractivity contribution in [2.24, 2.45) is 4.99 Å². The number of hydrogen-bond donors (Lipinski definition) is 1. The molecule has 0 radical (unpaired) electrons. The van der Waals surface area contributed by atoms with Gasteiger partial charge in [-0.15, -0.1) is 0 Å². The molecule has 172 valence electrons. The van der Waals surface area contributed by atoms with E-state index in [9.17, 15) is 20.0 Å². The fourth-order valence-corrected chi connectivity index (χ4v) is 4.34. The van der Waals surface area contributed by atoms with E-state index in [4.69, 9.17) is 4.74 Å². The van der Waals surface area contributed by atoms with E-state index in [0.717, 1.165) is 11.1 Å². The van der Waals surface area contributed by atoms with Crippen LogP contribution in [0.5, 0.6) is 11.5 Å². The molecule has 0 unspecified atom stereocenters. The SMILES string of the molecule is COc1cc(/C=C2\SC(=Nc3ccc(C)cc3)N(c3ccc(C)cc3)C2=O)cc([N+](=O)[O-])c1O. The third-order valence-electron chi connectivity index (χ3n) is 5.15. The van der Waals surface area contributed by atoms with Crippen LogP contribution in [0.1, 0.15) is 16.7 Å². The Hall–Kier alpha value is -4.11. The van der Waals surface area contributed by atoms with Gasteiger partial charge in [0.1, 0.15) is 0 Å². The van der Waals surface area contributed by atoms with E-state index in [0.29, 0.717) is 27.0 Å². The van der Waals surface area contributed by atoms with Gasteiger partial charge in [-0.2, -0.15) is 0 Å². The molecule has 1 amide bonds. The molecular formula is C25H21N3O5S. The van der Waals surface area contributed by atoms with Gasteiger partial charge in [0, 0.05) is 6.07 Å². The molecule has 1 aliphatic rings. The third kappa shape index (κ3) is 4.65. The summed E-state index contributed by atoms with van der Waals surface area (Å²) in [5, 5.41) is 21.9. The molecule has 0 aromatic heterocycles. The van der Waals surface area contributed by atoms with E-state index < -0.39 is 16.4 Å². The first-order valence-electron chi connectivity index (χ1n) is 10.3. The minimum atomic E-state index is -0.702. The number of ether oxygens (including phenoxy) is 1. The summed E-state index contributed by atoms with van der Waals surface area (Å²) in [5.41, 5.74) is 3.34. The lowest BCUT2D eigenvalue weighted by Gasteiger charge is -2.16. The highest BCUT2D eigenvalue weighted by Gasteiger charge is 2.35.